The van der Waals surface area contributed by atoms with Crippen molar-refractivity contribution >= 4 is 11.6 Å². The highest BCUT2D eigenvalue weighted by atomic mass is 19.4. The summed E-state index contributed by atoms with van der Waals surface area (Å²) in [5.74, 6) is 5.13. The van der Waals surface area contributed by atoms with Gasteiger partial charge in [0.15, 0.2) is 0 Å². The van der Waals surface area contributed by atoms with Crippen molar-refractivity contribution in [2.75, 3.05) is 18.5 Å². The molecule has 1 atom stereocenters. The molecule has 110 valence electrons. The first-order valence-electron chi connectivity index (χ1n) is 6.30. The third kappa shape index (κ3) is 2.72. The molecule has 1 amide bonds. The second-order valence-electron chi connectivity index (χ2n) is 5.02. The molecule has 7 heteroatoms. The zero-order valence-corrected chi connectivity index (χ0v) is 11.0. The summed E-state index contributed by atoms with van der Waals surface area (Å²) in [5, 5.41) is 0. The van der Waals surface area contributed by atoms with Crippen molar-refractivity contribution < 1.29 is 18.0 Å². The monoisotopic (exact) mass is 287 g/mol. The van der Waals surface area contributed by atoms with Crippen LogP contribution in [-0.2, 0) is 6.18 Å². The first kappa shape index (κ1) is 14.6. The number of rotatable bonds is 2. The molecule has 1 aromatic rings. The van der Waals surface area contributed by atoms with Crippen molar-refractivity contribution in [1.82, 2.24) is 4.90 Å². The molecule has 1 saturated heterocycles. The highest BCUT2D eigenvalue weighted by molar-refractivity contribution is 6.00. The number of carbonyl (C=O) groups excluding carboxylic acids is 1. The molecule has 0 bridgehead atoms. The highest BCUT2D eigenvalue weighted by Crippen LogP contribution is 2.36. The van der Waals surface area contributed by atoms with E-state index in [4.69, 9.17) is 5.84 Å². The number of hydrazine groups is 1. The quantitative estimate of drug-likeness (QED) is 0.649. The molecule has 0 radical (unpaired) electrons. The predicted octanol–water partition coefficient (Wildman–Crippen LogP) is 2.47. The van der Waals surface area contributed by atoms with Crippen LogP contribution in [0.1, 0.15) is 29.3 Å². The largest absolute Gasteiger partial charge is 0.418 e. The van der Waals surface area contributed by atoms with E-state index in [-0.39, 0.29) is 11.3 Å². The van der Waals surface area contributed by atoms with E-state index >= 15 is 0 Å². The fraction of sp³-hybridized carbons (Fsp3) is 0.462. The van der Waals surface area contributed by atoms with Gasteiger partial charge in [0.2, 0.25) is 0 Å². The fourth-order valence-corrected chi connectivity index (χ4v) is 2.41. The van der Waals surface area contributed by atoms with Crippen LogP contribution in [0.2, 0.25) is 0 Å². The van der Waals surface area contributed by atoms with Crippen molar-refractivity contribution in [1.29, 1.82) is 0 Å². The molecule has 1 heterocycles. The number of benzene rings is 1. The smallest absolute Gasteiger partial charge is 0.338 e. The highest BCUT2D eigenvalue weighted by Gasteiger charge is 2.36. The second-order valence-corrected chi connectivity index (χ2v) is 5.02. The second kappa shape index (κ2) is 5.32. The lowest BCUT2D eigenvalue weighted by atomic mass is 10.1. The van der Waals surface area contributed by atoms with Gasteiger partial charge in [-0.25, -0.2) is 0 Å². The summed E-state index contributed by atoms with van der Waals surface area (Å²) in [4.78, 5) is 13.9. The minimum Gasteiger partial charge on any atom is -0.338 e. The molecule has 4 nitrogen and oxygen atoms in total. The third-order valence-electron chi connectivity index (χ3n) is 3.46. The van der Waals surface area contributed by atoms with Gasteiger partial charge in [0.1, 0.15) is 0 Å². The molecule has 20 heavy (non-hydrogen) atoms. The molecular weight excluding hydrogens is 271 g/mol. The van der Waals surface area contributed by atoms with Gasteiger partial charge in [0, 0.05) is 13.1 Å². The van der Waals surface area contributed by atoms with Crippen molar-refractivity contribution in [2.24, 2.45) is 11.8 Å². The molecule has 1 fully saturated rings. The van der Waals surface area contributed by atoms with Gasteiger partial charge in [0.25, 0.3) is 5.91 Å². The van der Waals surface area contributed by atoms with E-state index in [1.807, 2.05) is 12.3 Å². The van der Waals surface area contributed by atoms with Gasteiger partial charge in [-0.05, 0) is 24.5 Å². The number of carbonyl (C=O) groups is 1. The summed E-state index contributed by atoms with van der Waals surface area (Å²) in [6, 6.07) is 3.48. The minimum atomic E-state index is -4.56. The molecule has 0 spiro atoms. The number of nitrogens with zero attached hydrogens (tertiary/aromatic N) is 1. The number of anilines is 1. The normalized spacial score (nSPS) is 19.2. The zero-order chi connectivity index (χ0) is 14.9. The maximum atomic E-state index is 12.9. The van der Waals surface area contributed by atoms with E-state index in [0.29, 0.717) is 19.0 Å². The lowest BCUT2D eigenvalue weighted by Gasteiger charge is -2.20. The van der Waals surface area contributed by atoms with Gasteiger partial charge >= 0.3 is 6.18 Å². The van der Waals surface area contributed by atoms with Crippen LogP contribution in [0, 0.1) is 5.92 Å². The number of amides is 1. The SMILES string of the molecule is CC1CCN(C(=O)c2cccc(C(F)(F)F)c2NN)C1. The van der Waals surface area contributed by atoms with Crippen molar-refractivity contribution in [3.8, 4) is 0 Å². The molecule has 1 aliphatic rings. The number of nitrogen functional groups attached to an aromatic ring is 1. The Balaban J connectivity index is 2.39. The molecule has 0 saturated carbocycles. The van der Waals surface area contributed by atoms with E-state index in [9.17, 15) is 18.0 Å². The topological polar surface area (TPSA) is 58.4 Å². The summed E-state index contributed by atoms with van der Waals surface area (Å²) >= 11 is 0. The Labute approximate surface area is 114 Å². The van der Waals surface area contributed by atoms with E-state index in [1.54, 1.807) is 4.90 Å². The number of nitrogens with two attached hydrogens (primary N) is 1. The van der Waals surface area contributed by atoms with Crippen LogP contribution < -0.4 is 11.3 Å². The molecule has 2 rings (SSSR count). The number of hydrogen-bond acceptors (Lipinski definition) is 3. The average molecular weight is 287 g/mol. The van der Waals surface area contributed by atoms with Gasteiger partial charge in [-0.15, -0.1) is 0 Å². The van der Waals surface area contributed by atoms with E-state index < -0.39 is 17.6 Å². The van der Waals surface area contributed by atoms with E-state index in [2.05, 4.69) is 0 Å². The Kier molecular flexibility index (Phi) is 3.89. The lowest BCUT2D eigenvalue weighted by Crippen LogP contribution is -2.30. The van der Waals surface area contributed by atoms with Crippen LogP contribution in [0.25, 0.3) is 0 Å². The molecule has 1 unspecified atom stereocenters. The molecule has 0 aromatic heterocycles. The number of alkyl halides is 3. The number of likely N-dealkylation sites (tertiary alicyclic amines) is 1. The molecular formula is C13H16F3N3O. The first-order chi connectivity index (χ1) is 9.34. The summed E-state index contributed by atoms with van der Waals surface area (Å²) in [6.45, 7) is 3.11. The minimum absolute atomic E-state index is 0.0450. The lowest BCUT2D eigenvalue weighted by molar-refractivity contribution is -0.137. The maximum absolute atomic E-state index is 12.9. The van der Waals surface area contributed by atoms with Crippen LogP contribution in [-0.4, -0.2) is 23.9 Å². The molecule has 1 aromatic carbocycles. The zero-order valence-electron chi connectivity index (χ0n) is 11.0. The number of nitrogens with one attached hydrogen (secondary N) is 1. The van der Waals surface area contributed by atoms with Gasteiger partial charge < -0.3 is 10.3 Å². The van der Waals surface area contributed by atoms with Crippen LogP contribution in [0.3, 0.4) is 0 Å². The summed E-state index contributed by atoms with van der Waals surface area (Å²) in [7, 11) is 0. The van der Waals surface area contributed by atoms with Gasteiger partial charge in [-0.2, -0.15) is 13.2 Å². The van der Waals surface area contributed by atoms with Crippen LogP contribution in [0.15, 0.2) is 18.2 Å². The summed E-state index contributed by atoms with van der Waals surface area (Å²) in [5.41, 5.74) is 0.671. The molecule has 1 aliphatic heterocycles. The summed E-state index contributed by atoms with van der Waals surface area (Å²) in [6.07, 6.45) is -3.70. The Hall–Kier alpha value is -1.76. The van der Waals surface area contributed by atoms with Crippen LogP contribution >= 0.6 is 0 Å². The van der Waals surface area contributed by atoms with Crippen molar-refractivity contribution in [3.05, 3.63) is 29.3 Å². The molecule has 3 N–H and O–H groups in total. The van der Waals surface area contributed by atoms with Crippen molar-refractivity contribution in [3.63, 3.8) is 0 Å². The Bertz CT molecular complexity index is 516. The maximum Gasteiger partial charge on any atom is 0.418 e. The molecule has 0 aliphatic carbocycles. The predicted molar refractivity (Wildman–Crippen MR) is 68.9 cm³/mol. The standard InChI is InChI=1S/C13H16F3N3O/c1-8-5-6-19(7-8)12(20)9-3-2-4-10(11(9)18-17)13(14,15)16/h2-4,8,18H,5-7,17H2,1H3. The fourth-order valence-electron chi connectivity index (χ4n) is 2.41. The van der Waals surface area contributed by atoms with Crippen LogP contribution in [0.4, 0.5) is 18.9 Å². The van der Waals surface area contributed by atoms with Crippen molar-refractivity contribution in [2.45, 2.75) is 19.5 Å². The van der Waals surface area contributed by atoms with E-state index in [0.717, 1.165) is 12.5 Å². The van der Waals surface area contributed by atoms with Gasteiger partial charge in [-0.1, -0.05) is 13.0 Å². The van der Waals surface area contributed by atoms with Gasteiger partial charge in [0.05, 0.1) is 16.8 Å². The number of hydrogen-bond donors (Lipinski definition) is 2. The number of halogens is 3. The Morgan fingerprint density at radius 1 is 1.45 bits per heavy atom. The number of para-hydroxylation sites is 1. The van der Waals surface area contributed by atoms with Crippen LogP contribution in [0.5, 0.6) is 0 Å². The first-order valence-corrected chi connectivity index (χ1v) is 6.30. The van der Waals surface area contributed by atoms with E-state index in [1.165, 1.54) is 12.1 Å². The Morgan fingerprint density at radius 3 is 2.65 bits per heavy atom. The summed E-state index contributed by atoms with van der Waals surface area (Å²) < 4.78 is 38.7. The Morgan fingerprint density at radius 2 is 2.15 bits per heavy atom. The van der Waals surface area contributed by atoms with Gasteiger partial charge in [-0.3, -0.25) is 10.6 Å². The average Bonchev–Trinajstić information content (AvgIpc) is 2.82. The third-order valence-corrected chi connectivity index (χ3v) is 3.46.